The van der Waals surface area contributed by atoms with Gasteiger partial charge in [-0.15, -0.1) is 0 Å². The molecule has 0 saturated carbocycles. The van der Waals surface area contributed by atoms with Gasteiger partial charge in [0.25, 0.3) is 5.91 Å². The fraction of sp³-hybridized carbons (Fsp3) is 0.263. The number of halogens is 1. The fourth-order valence-corrected chi connectivity index (χ4v) is 2.34. The van der Waals surface area contributed by atoms with Crippen LogP contribution in [0.5, 0.6) is 5.75 Å². The molecule has 25 heavy (non-hydrogen) atoms. The van der Waals surface area contributed by atoms with E-state index in [0.29, 0.717) is 24.4 Å². The molecule has 0 aliphatic rings. The molecule has 132 valence electrons. The Morgan fingerprint density at radius 2 is 1.72 bits per heavy atom. The van der Waals surface area contributed by atoms with Crippen LogP contribution in [0.25, 0.3) is 0 Å². The van der Waals surface area contributed by atoms with Crippen LogP contribution in [-0.4, -0.2) is 32.0 Å². The van der Waals surface area contributed by atoms with E-state index in [4.69, 9.17) is 4.74 Å². The molecule has 0 aromatic heterocycles. The highest BCUT2D eigenvalue weighted by Gasteiger charge is 2.09. The molecule has 6 heteroatoms. The molecule has 5 nitrogen and oxygen atoms in total. The van der Waals surface area contributed by atoms with Crippen LogP contribution in [-0.2, 0) is 11.2 Å². The van der Waals surface area contributed by atoms with E-state index < -0.39 is 0 Å². The molecule has 0 aliphatic heterocycles. The van der Waals surface area contributed by atoms with Crippen molar-refractivity contribution in [3.63, 3.8) is 0 Å². The molecule has 0 spiro atoms. The monoisotopic (exact) mass is 344 g/mol. The second kappa shape index (κ2) is 8.82. The first-order valence-electron chi connectivity index (χ1n) is 7.93. The average molecular weight is 344 g/mol. The molecule has 2 amide bonds. The van der Waals surface area contributed by atoms with Gasteiger partial charge in [0.05, 0.1) is 13.5 Å². The summed E-state index contributed by atoms with van der Waals surface area (Å²) in [5, 5.41) is 5.48. The predicted octanol–water partition coefficient (Wildman–Crippen LogP) is 2.23. The van der Waals surface area contributed by atoms with Crippen molar-refractivity contribution in [2.75, 3.05) is 20.2 Å². The lowest BCUT2D eigenvalue weighted by molar-refractivity contribution is -0.120. The maximum absolute atomic E-state index is 12.8. The van der Waals surface area contributed by atoms with Crippen molar-refractivity contribution in [3.8, 4) is 5.75 Å². The molecule has 0 radical (unpaired) electrons. The molecule has 0 fully saturated rings. The van der Waals surface area contributed by atoms with Crippen molar-refractivity contribution in [1.29, 1.82) is 0 Å². The van der Waals surface area contributed by atoms with E-state index in [1.165, 1.54) is 12.1 Å². The summed E-state index contributed by atoms with van der Waals surface area (Å²) in [6.45, 7) is 2.47. The van der Waals surface area contributed by atoms with E-state index in [9.17, 15) is 14.0 Å². The van der Waals surface area contributed by atoms with E-state index in [0.717, 1.165) is 11.1 Å². The van der Waals surface area contributed by atoms with Crippen LogP contribution in [0.4, 0.5) is 4.39 Å². The maximum atomic E-state index is 12.8. The second-order valence-electron chi connectivity index (χ2n) is 5.59. The van der Waals surface area contributed by atoms with Crippen molar-refractivity contribution in [2.45, 2.75) is 13.3 Å². The first-order chi connectivity index (χ1) is 12.0. The Labute approximate surface area is 146 Å². The third-order valence-corrected chi connectivity index (χ3v) is 3.69. The highest BCUT2D eigenvalue weighted by atomic mass is 19.1. The first-order valence-corrected chi connectivity index (χ1v) is 7.93. The van der Waals surface area contributed by atoms with Gasteiger partial charge in [0.15, 0.2) is 0 Å². The Hall–Kier alpha value is -2.89. The Morgan fingerprint density at radius 3 is 2.36 bits per heavy atom. The molecule has 0 bridgehead atoms. The van der Waals surface area contributed by atoms with Crippen LogP contribution in [0.3, 0.4) is 0 Å². The van der Waals surface area contributed by atoms with Crippen molar-refractivity contribution in [1.82, 2.24) is 10.6 Å². The van der Waals surface area contributed by atoms with Gasteiger partial charge >= 0.3 is 0 Å². The summed E-state index contributed by atoms with van der Waals surface area (Å²) in [6, 6.07) is 11.0. The molecule has 2 N–H and O–H groups in total. The zero-order valence-electron chi connectivity index (χ0n) is 14.3. The van der Waals surface area contributed by atoms with E-state index in [1.54, 1.807) is 37.4 Å². The number of ether oxygens (including phenoxy) is 1. The largest absolute Gasteiger partial charge is 0.497 e. The van der Waals surface area contributed by atoms with Crippen molar-refractivity contribution < 1.29 is 18.7 Å². The number of hydrogen-bond acceptors (Lipinski definition) is 3. The van der Waals surface area contributed by atoms with Crippen molar-refractivity contribution in [2.24, 2.45) is 0 Å². The number of nitrogens with one attached hydrogen (secondary N) is 2. The number of methoxy groups -OCH3 is 1. The smallest absolute Gasteiger partial charge is 0.251 e. The summed E-state index contributed by atoms with van der Waals surface area (Å²) in [5.74, 6) is -0.0165. The highest BCUT2D eigenvalue weighted by molar-refractivity contribution is 5.95. The minimum absolute atomic E-state index is 0.172. The quantitative estimate of drug-likeness (QED) is 0.757. The summed E-state index contributed by atoms with van der Waals surface area (Å²) in [5.41, 5.74) is 2.12. The number of carbonyl (C=O) groups is 2. The summed E-state index contributed by atoms with van der Waals surface area (Å²) in [6.07, 6.45) is 0.172. The van der Waals surface area contributed by atoms with E-state index >= 15 is 0 Å². The van der Waals surface area contributed by atoms with Crippen LogP contribution in [0, 0.1) is 12.7 Å². The van der Waals surface area contributed by atoms with Crippen molar-refractivity contribution >= 4 is 11.8 Å². The molecule has 2 aromatic carbocycles. The minimum Gasteiger partial charge on any atom is -0.497 e. The number of amides is 2. The summed E-state index contributed by atoms with van der Waals surface area (Å²) in [7, 11) is 1.57. The van der Waals surface area contributed by atoms with Gasteiger partial charge in [-0.1, -0.05) is 12.1 Å². The van der Waals surface area contributed by atoms with Gasteiger partial charge in [-0.2, -0.15) is 0 Å². The number of carbonyl (C=O) groups excluding carboxylic acids is 2. The molecule has 0 heterocycles. The molecule has 2 aromatic rings. The molecular weight excluding hydrogens is 323 g/mol. The zero-order chi connectivity index (χ0) is 18.2. The van der Waals surface area contributed by atoms with Crippen LogP contribution < -0.4 is 15.4 Å². The van der Waals surface area contributed by atoms with Gasteiger partial charge in [0.1, 0.15) is 11.6 Å². The Kier molecular flexibility index (Phi) is 6.51. The fourth-order valence-electron chi connectivity index (χ4n) is 2.34. The predicted molar refractivity (Wildman–Crippen MR) is 93.2 cm³/mol. The van der Waals surface area contributed by atoms with E-state index in [2.05, 4.69) is 10.6 Å². The molecule has 0 unspecified atom stereocenters. The summed E-state index contributed by atoms with van der Waals surface area (Å²) >= 11 is 0. The van der Waals surface area contributed by atoms with Crippen molar-refractivity contribution in [3.05, 3.63) is 65.0 Å². The molecule has 0 saturated heterocycles. The number of benzene rings is 2. The van der Waals surface area contributed by atoms with E-state index in [1.807, 2.05) is 6.92 Å². The van der Waals surface area contributed by atoms with Crippen LogP contribution in [0.1, 0.15) is 21.5 Å². The summed E-state index contributed by atoms with van der Waals surface area (Å²) < 4.78 is 17.9. The van der Waals surface area contributed by atoms with Gasteiger partial charge in [0, 0.05) is 18.7 Å². The lowest BCUT2D eigenvalue weighted by atomic mass is 10.1. The third-order valence-electron chi connectivity index (χ3n) is 3.69. The third kappa shape index (κ3) is 5.60. The highest BCUT2D eigenvalue weighted by Crippen LogP contribution is 2.16. The van der Waals surface area contributed by atoms with Crippen LogP contribution in [0.2, 0.25) is 0 Å². The van der Waals surface area contributed by atoms with Gasteiger partial charge in [-0.25, -0.2) is 4.39 Å². The lowest BCUT2D eigenvalue weighted by Gasteiger charge is -2.10. The van der Waals surface area contributed by atoms with Gasteiger partial charge in [-0.05, 0) is 48.4 Å². The topological polar surface area (TPSA) is 67.4 Å². The number of hydrogen-bond donors (Lipinski definition) is 2. The van der Waals surface area contributed by atoms with E-state index in [-0.39, 0.29) is 24.1 Å². The lowest BCUT2D eigenvalue weighted by Crippen LogP contribution is -2.35. The molecule has 2 rings (SSSR count). The zero-order valence-corrected chi connectivity index (χ0v) is 14.3. The minimum atomic E-state index is -0.333. The standard InChI is InChI=1S/C19H21FN2O3/c1-13-11-16(25-2)7-8-17(13)19(24)22-10-9-21-18(23)12-14-3-5-15(20)6-4-14/h3-8,11H,9-10,12H2,1-2H3,(H,21,23)(H,22,24). The van der Waals surface area contributed by atoms with Crippen LogP contribution in [0.15, 0.2) is 42.5 Å². The van der Waals surface area contributed by atoms with Gasteiger partial charge < -0.3 is 15.4 Å². The Bertz CT molecular complexity index is 745. The van der Waals surface area contributed by atoms with Crippen LogP contribution >= 0.6 is 0 Å². The normalized spacial score (nSPS) is 10.2. The molecule has 0 atom stereocenters. The number of rotatable bonds is 7. The first kappa shape index (κ1) is 18.4. The average Bonchev–Trinajstić information content (AvgIpc) is 2.60. The van der Waals surface area contributed by atoms with Gasteiger partial charge in [-0.3, -0.25) is 9.59 Å². The Balaban J connectivity index is 1.74. The molecule has 0 aliphatic carbocycles. The number of aryl methyl sites for hydroxylation is 1. The second-order valence-corrected chi connectivity index (χ2v) is 5.59. The van der Waals surface area contributed by atoms with Gasteiger partial charge in [0.2, 0.25) is 5.91 Å². The maximum Gasteiger partial charge on any atom is 0.251 e. The SMILES string of the molecule is COc1ccc(C(=O)NCCNC(=O)Cc2ccc(F)cc2)c(C)c1. The Morgan fingerprint density at radius 1 is 1.04 bits per heavy atom. The molecular formula is C19H21FN2O3. The summed E-state index contributed by atoms with van der Waals surface area (Å²) in [4.78, 5) is 23.9.